The molecule has 2 atom stereocenters. The van der Waals surface area contributed by atoms with Crippen LogP contribution < -0.4 is 4.74 Å². The van der Waals surface area contributed by atoms with Crippen LogP contribution in [-0.2, 0) is 16.0 Å². The van der Waals surface area contributed by atoms with Gasteiger partial charge in [-0.3, -0.25) is 4.79 Å². The lowest BCUT2D eigenvalue weighted by atomic mass is 9.75. The summed E-state index contributed by atoms with van der Waals surface area (Å²) in [6, 6.07) is 5.97. The second-order valence-corrected chi connectivity index (χ2v) is 6.32. The van der Waals surface area contributed by atoms with Crippen LogP contribution >= 0.6 is 0 Å². The molecule has 3 heteroatoms. The first-order chi connectivity index (χ1) is 10.0. The number of Topliss-reactive ketones (excluding diaryl/α,β-unsaturated/α-hetero) is 1. The van der Waals surface area contributed by atoms with Crippen LogP contribution in [0.4, 0.5) is 0 Å². The molecule has 0 N–H and O–H groups in total. The Morgan fingerprint density at radius 2 is 2.14 bits per heavy atom. The highest BCUT2D eigenvalue weighted by Gasteiger charge is 2.41. The fourth-order valence-corrected chi connectivity index (χ4v) is 3.44. The van der Waals surface area contributed by atoms with E-state index in [0.717, 1.165) is 36.1 Å². The maximum absolute atomic E-state index is 12.9. The van der Waals surface area contributed by atoms with Gasteiger partial charge in [-0.25, -0.2) is 0 Å². The molecule has 1 aromatic rings. The van der Waals surface area contributed by atoms with Crippen molar-refractivity contribution in [3.8, 4) is 5.75 Å². The molecule has 0 bridgehead atoms. The van der Waals surface area contributed by atoms with Crippen molar-refractivity contribution < 1.29 is 14.3 Å². The lowest BCUT2D eigenvalue weighted by Gasteiger charge is -2.37. The van der Waals surface area contributed by atoms with Crippen molar-refractivity contribution in [2.24, 2.45) is 5.92 Å². The average molecular weight is 290 g/mol. The van der Waals surface area contributed by atoms with E-state index < -0.39 is 5.60 Å². The number of carbonyl (C=O) groups excluding carboxylic acids is 1. The van der Waals surface area contributed by atoms with Crippen molar-refractivity contribution in [1.29, 1.82) is 0 Å². The predicted molar refractivity (Wildman–Crippen MR) is 83.8 cm³/mol. The minimum atomic E-state index is -0.605. The van der Waals surface area contributed by atoms with Gasteiger partial charge in [0, 0.05) is 19.1 Å². The number of hydrogen-bond acceptors (Lipinski definition) is 3. The van der Waals surface area contributed by atoms with Crippen LogP contribution in [0.3, 0.4) is 0 Å². The number of ether oxygens (including phenoxy) is 2. The van der Waals surface area contributed by atoms with E-state index in [4.69, 9.17) is 9.47 Å². The first-order valence-corrected chi connectivity index (χ1v) is 7.72. The molecule has 0 heterocycles. The molecule has 0 saturated heterocycles. The Kier molecular flexibility index (Phi) is 5.04. The van der Waals surface area contributed by atoms with Crippen molar-refractivity contribution in [1.82, 2.24) is 0 Å². The van der Waals surface area contributed by atoms with Gasteiger partial charge >= 0.3 is 0 Å². The molecule has 0 amide bonds. The average Bonchev–Trinajstić information content (AvgIpc) is 2.47. The first kappa shape index (κ1) is 16.0. The second kappa shape index (κ2) is 6.61. The van der Waals surface area contributed by atoms with Crippen LogP contribution in [0.25, 0.3) is 0 Å². The third-order valence-corrected chi connectivity index (χ3v) is 4.64. The summed E-state index contributed by atoms with van der Waals surface area (Å²) in [6.45, 7) is 4.23. The Morgan fingerprint density at radius 1 is 1.38 bits per heavy atom. The van der Waals surface area contributed by atoms with Gasteiger partial charge in [-0.1, -0.05) is 31.0 Å². The number of ketones is 1. The summed E-state index contributed by atoms with van der Waals surface area (Å²) < 4.78 is 11.1. The summed E-state index contributed by atoms with van der Waals surface area (Å²) in [6.07, 6.45) is 4.29. The zero-order valence-electron chi connectivity index (χ0n) is 13.6. The van der Waals surface area contributed by atoms with Gasteiger partial charge in [0.2, 0.25) is 0 Å². The lowest BCUT2D eigenvalue weighted by Crippen LogP contribution is -2.45. The molecule has 1 aliphatic rings. The molecule has 1 saturated carbocycles. The summed E-state index contributed by atoms with van der Waals surface area (Å²) in [4.78, 5) is 12.9. The smallest absolute Gasteiger partial charge is 0.169 e. The van der Waals surface area contributed by atoms with Gasteiger partial charge < -0.3 is 9.47 Å². The molecular weight excluding hydrogens is 264 g/mol. The molecule has 0 aromatic heterocycles. The molecule has 2 unspecified atom stereocenters. The topological polar surface area (TPSA) is 35.5 Å². The monoisotopic (exact) mass is 290 g/mol. The van der Waals surface area contributed by atoms with Crippen LogP contribution in [0.2, 0.25) is 0 Å². The van der Waals surface area contributed by atoms with E-state index >= 15 is 0 Å². The van der Waals surface area contributed by atoms with Crippen LogP contribution in [0.15, 0.2) is 18.2 Å². The van der Waals surface area contributed by atoms with Gasteiger partial charge in [0.15, 0.2) is 5.78 Å². The minimum absolute atomic E-state index is 0.181. The molecule has 0 spiro atoms. The normalized spacial score (nSPS) is 25.6. The van der Waals surface area contributed by atoms with Crippen molar-refractivity contribution in [3.05, 3.63) is 29.3 Å². The van der Waals surface area contributed by atoms with Gasteiger partial charge in [-0.2, -0.15) is 0 Å². The lowest BCUT2D eigenvalue weighted by molar-refractivity contribution is -0.146. The minimum Gasteiger partial charge on any atom is -0.496 e. The highest BCUT2D eigenvalue weighted by molar-refractivity contribution is 5.89. The van der Waals surface area contributed by atoms with E-state index in [1.165, 1.54) is 6.42 Å². The van der Waals surface area contributed by atoms with Crippen molar-refractivity contribution in [3.63, 3.8) is 0 Å². The number of hydrogen-bond donors (Lipinski definition) is 0. The Bertz CT molecular complexity index is 509. The third kappa shape index (κ3) is 3.46. The van der Waals surface area contributed by atoms with Gasteiger partial charge in [-0.05, 0) is 38.2 Å². The van der Waals surface area contributed by atoms with Gasteiger partial charge in [0.1, 0.15) is 11.4 Å². The Labute approximate surface area is 127 Å². The van der Waals surface area contributed by atoms with Crippen LogP contribution in [0.1, 0.15) is 43.7 Å². The van der Waals surface area contributed by atoms with E-state index in [1.54, 1.807) is 14.2 Å². The highest BCUT2D eigenvalue weighted by Crippen LogP contribution is 2.37. The number of methoxy groups -OCH3 is 2. The first-order valence-electron chi connectivity index (χ1n) is 7.72. The molecule has 21 heavy (non-hydrogen) atoms. The molecular formula is C18H26O3. The maximum Gasteiger partial charge on any atom is 0.169 e. The number of benzene rings is 1. The summed E-state index contributed by atoms with van der Waals surface area (Å²) >= 11 is 0. The summed E-state index contributed by atoms with van der Waals surface area (Å²) in [5, 5.41) is 0. The number of aryl methyl sites for hydroxylation is 1. The van der Waals surface area contributed by atoms with E-state index in [0.29, 0.717) is 12.3 Å². The SMILES string of the molecule is COc1ccc(C)cc1CC(=O)C1(OC)CCCC(C)C1. The van der Waals surface area contributed by atoms with Gasteiger partial charge in [0.25, 0.3) is 0 Å². The van der Waals surface area contributed by atoms with Crippen molar-refractivity contribution in [2.45, 2.75) is 51.6 Å². The molecule has 1 aliphatic carbocycles. The van der Waals surface area contributed by atoms with Gasteiger partial charge in [-0.15, -0.1) is 0 Å². The Balaban J connectivity index is 2.21. The largest absolute Gasteiger partial charge is 0.496 e. The zero-order valence-corrected chi connectivity index (χ0v) is 13.6. The summed E-state index contributed by atoms with van der Waals surface area (Å²) in [5.74, 6) is 1.51. The van der Waals surface area contributed by atoms with E-state index in [9.17, 15) is 4.79 Å². The standard InChI is InChI=1S/C18H26O3/c1-13-7-8-16(20-3)15(10-13)11-17(19)18(21-4)9-5-6-14(2)12-18/h7-8,10,14H,5-6,9,11-12H2,1-4H3. The quantitative estimate of drug-likeness (QED) is 0.829. The predicted octanol–water partition coefficient (Wildman–Crippen LogP) is 3.71. The van der Waals surface area contributed by atoms with Crippen molar-refractivity contribution >= 4 is 5.78 Å². The molecule has 116 valence electrons. The molecule has 0 aliphatic heterocycles. The Morgan fingerprint density at radius 3 is 2.76 bits per heavy atom. The summed E-state index contributed by atoms with van der Waals surface area (Å²) in [7, 11) is 3.32. The van der Waals surface area contributed by atoms with E-state index in [1.807, 2.05) is 25.1 Å². The fraction of sp³-hybridized carbons (Fsp3) is 0.611. The molecule has 0 radical (unpaired) electrons. The molecule has 2 rings (SSSR count). The fourth-order valence-electron chi connectivity index (χ4n) is 3.44. The summed E-state index contributed by atoms with van der Waals surface area (Å²) in [5.41, 5.74) is 1.49. The van der Waals surface area contributed by atoms with E-state index in [2.05, 4.69) is 6.92 Å². The van der Waals surface area contributed by atoms with E-state index in [-0.39, 0.29) is 5.78 Å². The second-order valence-electron chi connectivity index (χ2n) is 6.32. The Hall–Kier alpha value is -1.35. The van der Waals surface area contributed by atoms with Crippen molar-refractivity contribution in [2.75, 3.05) is 14.2 Å². The number of rotatable bonds is 5. The van der Waals surface area contributed by atoms with Crippen LogP contribution in [-0.4, -0.2) is 25.6 Å². The third-order valence-electron chi connectivity index (χ3n) is 4.64. The maximum atomic E-state index is 12.9. The van der Waals surface area contributed by atoms with Gasteiger partial charge in [0.05, 0.1) is 7.11 Å². The van der Waals surface area contributed by atoms with Crippen LogP contribution in [0, 0.1) is 12.8 Å². The van der Waals surface area contributed by atoms with Crippen LogP contribution in [0.5, 0.6) is 5.75 Å². The molecule has 3 nitrogen and oxygen atoms in total. The molecule has 1 fully saturated rings. The highest BCUT2D eigenvalue weighted by atomic mass is 16.5. The molecule has 1 aromatic carbocycles. The zero-order chi connectivity index (χ0) is 15.5. The number of carbonyl (C=O) groups is 1.